The van der Waals surface area contributed by atoms with E-state index in [-0.39, 0.29) is 12.4 Å². The highest BCUT2D eigenvalue weighted by Crippen LogP contribution is 2.14. The fraction of sp³-hybridized carbons (Fsp3) is 0.375. The fourth-order valence-corrected chi connectivity index (χ4v) is 1.83. The standard InChI is InChI=1S/C16H20FNO2/c1-12(2)18-9-13-7-8-20-16(13)11-19-10-14-5-3-4-6-15(14)17/h3-8,12,18H,9-11H2,1-2H3. The summed E-state index contributed by atoms with van der Waals surface area (Å²) in [5.41, 5.74) is 1.63. The summed E-state index contributed by atoms with van der Waals surface area (Å²) >= 11 is 0. The topological polar surface area (TPSA) is 34.4 Å². The van der Waals surface area contributed by atoms with Crippen molar-refractivity contribution in [3.63, 3.8) is 0 Å². The maximum Gasteiger partial charge on any atom is 0.133 e. The number of ether oxygens (including phenoxy) is 1. The van der Waals surface area contributed by atoms with E-state index in [1.165, 1.54) is 6.07 Å². The Morgan fingerprint density at radius 3 is 2.70 bits per heavy atom. The zero-order valence-electron chi connectivity index (χ0n) is 11.9. The summed E-state index contributed by atoms with van der Waals surface area (Å²) in [5, 5.41) is 3.33. The first kappa shape index (κ1) is 14.8. The van der Waals surface area contributed by atoms with Gasteiger partial charge < -0.3 is 14.5 Å². The van der Waals surface area contributed by atoms with Crippen LogP contribution in [-0.4, -0.2) is 6.04 Å². The summed E-state index contributed by atoms with van der Waals surface area (Å²) in [6.45, 7) is 5.51. The molecule has 1 heterocycles. The fourth-order valence-electron chi connectivity index (χ4n) is 1.83. The second-order valence-electron chi connectivity index (χ2n) is 4.99. The number of benzene rings is 1. The first-order valence-electron chi connectivity index (χ1n) is 6.76. The van der Waals surface area contributed by atoms with Gasteiger partial charge in [0, 0.05) is 23.7 Å². The highest BCUT2D eigenvalue weighted by atomic mass is 19.1. The third kappa shape index (κ3) is 4.18. The Morgan fingerprint density at radius 1 is 1.15 bits per heavy atom. The van der Waals surface area contributed by atoms with E-state index in [1.54, 1.807) is 24.5 Å². The van der Waals surface area contributed by atoms with Crippen molar-refractivity contribution in [1.82, 2.24) is 5.32 Å². The van der Waals surface area contributed by atoms with Crippen LogP contribution < -0.4 is 5.32 Å². The van der Waals surface area contributed by atoms with E-state index in [0.717, 1.165) is 17.9 Å². The lowest BCUT2D eigenvalue weighted by Gasteiger charge is -2.09. The molecule has 0 spiro atoms. The van der Waals surface area contributed by atoms with Crippen molar-refractivity contribution < 1.29 is 13.5 Å². The zero-order valence-corrected chi connectivity index (χ0v) is 11.9. The summed E-state index contributed by atoms with van der Waals surface area (Å²) in [6.07, 6.45) is 1.65. The maximum absolute atomic E-state index is 13.4. The number of halogens is 1. The van der Waals surface area contributed by atoms with E-state index < -0.39 is 0 Å². The molecule has 2 rings (SSSR count). The molecule has 108 valence electrons. The predicted molar refractivity (Wildman–Crippen MR) is 75.6 cm³/mol. The minimum absolute atomic E-state index is 0.240. The molecule has 0 atom stereocenters. The van der Waals surface area contributed by atoms with Crippen molar-refractivity contribution in [3.05, 3.63) is 59.3 Å². The molecule has 1 aromatic heterocycles. The van der Waals surface area contributed by atoms with Gasteiger partial charge in [-0.3, -0.25) is 0 Å². The van der Waals surface area contributed by atoms with E-state index in [9.17, 15) is 4.39 Å². The van der Waals surface area contributed by atoms with Crippen molar-refractivity contribution in [2.75, 3.05) is 0 Å². The SMILES string of the molecule is CC(C)NCc1ccoc1COCc1ccccc1F. The van der Waals surface area contributed by atoms with E-state index in [1.807, 2.05) is 6.07 Å². The van der Waals surface area contributed by atoms with Crippen LogP contribution in [-0.2, 0) is 24.5 Å². The van der Waals surface area contributed by atoms with Crippen LogP contribution in [0, 0.1) is 5.82 Å². The smallest absolute Gasteiger partial charge is 0.133 e. The highest BCUT2D eigenvalue weighted by molar-refractivity contribution is 5.17. The third-order valence-electron chi connectivity index (χ3n) is 2.99. The number of rotatable bonds is 7. The van der Waals surface area contributed by atoms with Gasteiger partial charge in [-0.05, 0) is 12.1 Å². The van der Waals surface area contributed by atoms with Crippen molar-refractivity contribution in [2.45, 2.75) is 39.6 Å². The molecule has 4 heteroatoms. The van der Waals surface area contributed by atoms with Crippen LogP contribution >= 0.6 is 0 Å². The molecule has 0 radical (unpaired) electrons. The Bertz CT molecular complexity index is 537. The summed E-state index contributed by atoms with van der Waals surface area (Å²) in [4.78, 5) is 0. The molecule has 0 aliphatic carbocycles. The quantitative estimate of drug-likeness (QED) is 0.839. The lowest BCUT2D eigenvalue weighted by Crippen LogP contribution is -2.22. The minimum Gasteiger partial charge on any atom is -0.467 e. The molecule has 0 saturated heterocycles. The average Bonchev–Trinajstić information content (AvgIpc) is 2.86. The van der Waals surface area contributed by atoms with E-state index in [2.05, 4.69) is 19.2 Å². The zero-order chi connectivity index (χ0) is 14.4. The second kappa shape index (κ2) is 7.22. The molecule has 0 unspecified atom stereocenters. The van der Waals surface area contributed by atoms with Gasteiger partial charge in [0.15, 0.2) is 0 Å². The molecule has 0 aliphatic heterocycles. The molecule has 3 nitrogen and oxygen atoms in total. The van der Waals surface area contributed by atoms with Crippen LogP contribution in [0.25, 0.3) is 0 Å². The monoisotopic (exact) mass is 277 g/mol. The molecule has 0 aliphatic rings. The van der Waals surface area contributed by atoms with Crippen LogP contribution in [0.3, 0.4) is 0 Å². The van der Waals surface area contributed by atoms with Crippen LogP contribution in [0.15, 0.2) is 41.0 Å². The first-order chi connectivity index (χ1) is 9.66. The van der Waals surface area contributed by atoms with Gasteiger partial charge in [-0.15, -0.1) is 0 Å². The molecular weight excluding hydrogens is 257 g/mol. The Labute approximate surface area is 118 Å². The van der Waals surface area contributed by atoms with E-state index in [4.69, 9.17) is 9.15 Å². The lowest BCUT2D eigenvalue weighted by molar-refractivity contribution is 0.0900. The Morgan fingerprint density at radius 2 is 1.95 bits per heavy atom. The van der Waals surface area contributed by atoms with Crippen LogP contribution in [0.1, 0.15) is 30.7 Å². The normalized spacial score (nSPS) is 11.2. The van der Waals surface area contributed by atoms with Gasteiger partial charge in [-0.25, -0.2) is 4.39 Å². The molecule has 1 aromatic carbocycles. The van der Waals surface area contributed by atoms with Crippen molar-refractivity contribution >= 4 is 0 Å². The number of hydrogen-bond acceptors (Lipinski definition) is 3. The van der Waals surface area contributed by atoms with Gasteiger partial charge in [-0.1, -0.05) is 32.0 Å². The Balaban J connectivity index is 1.85. The van der Waals surface area contributed by atoms with Crippen molar-refractivity contribution in [1.29, 1.82) is 0 Å². The molecule has 0 saturated carbocycles. The van der Waals surface area contributed by atoms with Gasteiger partial charge in [-0.2, -0.15) is 0 Å². The molecule has 2 aromatic rings. The summed E-state index contributed by atoms with van der Waals surface area (Å²) in [5.74, 6) is 0.545. The molecule has 0 amide bonds. The molecule has 20 heavy (non-hydrogen) atoms. The lowest BCUT2D eigenvalue weighted by atomic mass is 10.2. The molecular formula is C16H20FNO2. The second-order valence-corrected chi connectivity index (χ2v) is 4.99. The first-order valence-corrected chi connectivity index (χ1v) is 6.76. The van der Waals surface area contributed by atoms with E-state index >= 15 is 0 Å². The van der Waals surface area contributed by atoms with Crippen LogP contribution in [0.2, 0.25) is 0 Å². The molecule has 1 N–H and O–H groups in total. The predicted octanol–water partition coefficient (Wildman–Crippen LogP) is 3.63. The number of hydrogen-bond donors (Lipinski definition) is 1. The van der Waals surface area contributed by atoms with Gasteiger partial charge >= 0.3 is 0 Å². The van der Waals surface area contributed by atoms with Crippen LogP contribution in [0.4, 0.5) is 4.39 Å². The molecule has 0 bridgehead atoms. The third-order valence-corrected chi connectivity index (χ3v) is 2.99. The van der Waals surface area contributed by atoms with E-state index in [0.29, 0.717) is 18.2 Å². The van der Waals surface area contributed by atoms with Crippen LogP contribution in [0.5, 0.6) is 0 Å². The summed E-state index contributed by atoms with van der Waals surface area (Å²) in [7, 11) is 0. The minimum atomic E-state index is -0.242. The summed E-state index contributed by atoms with van der Waals surface area (Å²) < 4.78 is 24.4. The summed E-state index contributed by atoms with van der Waals surface area (Å²) in [6, 6.07) is 8.96. The van der Waals surface area contributed by atoms with Gasteiger partial charge in [0.2, 0.25) is 0 Å². The van der Waals surface area contributed by atoms with Gasteiger partial charge in [0.1, 0.15) is 18.2 Å². The number of nitrogens with one attached hydrogen (secondary N) is 1. The average molecular weight is 277 g/mol. The van der Waals surface area contributed by atoms with Crippen molar-refractivity contribution in [3.8, 4) is 0 Å². The largest absolute Gasteiger partial charge is 0.467 e. The maximum atomic E-state index is 13.4. The van der Waals surface area contributed by atoms with Gasteiger partial charge in [0.25, 0.3) is 0 Å². The van der Waals surface area contributed by atoms with Gasteiger partial charge in [0.05, 0.1) is 12.9 Å². The van der Waals surface area contributed by atoms with Crippen molar-refractivity contribution in [2.24, 2.45) is 0 Å². The highest BCUT2D eigenvalue weighted by Gasteiger charge is 2.08. The Kier molecular flexibility index (Phi) is 5.32. The molecule has 0 fully saturated rings. The number of furan rings is 1. The Hall–Kier alpha value is -1.65.